The van der Waals surface area contributed by atoms with Gasteiger partial charge >= 0.3 is 0 Å². The van der Waals surface area contributed by atoms with E-state index in [1.165, 1.54) is 6.07 Å². The Balaban J connectivity index is 1.63. The zero-order valence-corrected chi connectivity index (χ0v) is 18.7. The molecule has 0 aromatic heterocycles. The van der Waals surface area contributed by atoms with Gasteiger partial charge in [0.25, 0.3) is 11.8 Å². The smallest absolute Gasteiger partial charge is 0.262 e. The number of nitrogens with one attached hydrogen (secondary N) is 2. The largest absolute Gasteiger partial charge is 0.481 e. The van der Waals surface area contributed by atoms with Crippen LogP contribution in [0.3, 0.4) is 0 Å². The fourth-order valence-electron chi connectivity index (χ4n) is 2.65. The van der Waals surface area contributed by atoms with E-state index in [0.717, 1.165) is 5.56 Å². The van der Waals surface area contributed by atoms with Gasteiger partial charge in [-0.3, -0.25) is 9.59 Å². The SMILES string of the molecule is O=C(COc1c(Cl)cc(Cl)cc1Br)Nc1ccccc1C(=O)NCc1ccccc1. The van der Waals surface area contributed by atoms with E-state index in [1.807, 2.05) is 30.3 Å². The summed E-state index contributed by atoms with van der Waals surface area (Å²) in [5, 5.41) is 6.27. The highest BCUT2D eigenvalue weighted by molar-refractivity contribution is 9.10. The Morgan fingerprint density at radius 2 is 1.67 bits per heavy atom. The van der Waals surface area contributed by atoms with Gasteiger partial charge in [0.15, 0.2) is 12.4 Å². The van der Waals surface area contributed by atoms with Crippen LogP contribution in [0.4, 0.5) is 5.69 Å². The van der Waals surface area contributed by atoms with Crippen LogP contribution in [0.2, 0.25) is 10.0 Å². The lowest BCUT2D eigenvalue weighted by molar-refractivity contribution is -0.118. The lowest BCUT2D eigenvalue weighted by Gasteiger charge is -2.13. The first-order valence-corrected chi connectivity index (χ1v) is 10.5. The summed E-state index contributed by atoms with van der Waals surface area (Å²) in [6.45, 7) is 0.0913. The number of amides is 2. The molecule has 0 bridgehead atoms. The van der Waals surface area contributed by atoms with Crippen LogP contribution in [0.5, 0.6) is 5.75 Å². The van der Waals surface area contributed by atoms with Crippen LogP contribution in [0.1, 0.15) is 15.9 Å². The number of hydrogen-bond acceptors (Lipinski definition) is 3. The van der Waals surface area contributed by atoms with Crippen molar-refractivity contribution in [3.63, 3.8) is 0 Å². The number of carbonyl (C=O) groups is 2. The molecule has 5 nitrogen and oxygen atoms in total. The number of anilines is 1. The highest BCUT2D eigenvalue weighted by atomic mass is 79.9. The monoisotopic (exact) mass is 506 g/mol. The summed E-state index contributed by atoms with van der Waals surface area (Å²) in [6, 6.07) is 19.5. The van der Waals surface area contributed by atoms with E-state index < -0.39 is 5.91 Å². The van der Waals surface area contributed by atoms with Gasteiger partial charge in [0.2, 0.25) is 0 Å². The van der Waals surface area contributed by atoms with E-state index >= 15 is 0 Å². The molecule has 154 valence electrons. The third kappa shape index (κ3) is 5.98. The Bertz CT molecular complexity index is 1040. The second kappa shape index (κ2) is 10.5. The fraction of sp³-hybridized carbons (Fsp3) is 0.0909. The second-order valence-electron chi connectivity index (χ2n) is 6.25. The maximum atomic E-state index is 12.6. The number of rotatable bonds is 7. The molecule has 0 heterocycles. The molecule has 0 saturated heterocycles. The van der Waals surface area contributed by atoms with Crippen LogP contribution in [-0.2, 0) is 11.3 Å². The molecule has 0 unspecified atom stereocenters. The van der Waals surface area contributed by atoms with Crippen molar-refractivity contribution in [2.75, 3.05) is 11.9 Å². The number of halogens is 3. The van der Waals surface area contributed by atoms with E-state index in [4.69, 9.17) is 27.9 Å². The molecule has 30 heavy (non-hydrogen) atoms. The molecule has 2 amide bonds. The number of para-hydroxylation sites is 1. The summed E-state index contributed by atoms with van der Waals surface area (Å²) in [5.41, 5.74) is 1.72. The predicted octanol–water partition coefficient (Wildman–Crippen LogP) is 5.70. The van der Waals surface area contributed by atoms with Crippen molar-refractivity contribution in [2.24, 2.45) is 0 Å². The molecule has 0 aliphatic heterocycles. The molecule has 8 heteroatoms. The minimum atomic E-state index is -0.434. The molecule has 3 rings (SSSR count). The summed E-state index contributed by atoms with van der Waals surface area (Å²) in [4.78, 5) is 25.0. The number of ether oxygens (including phenoxy) is 1. The molecule has 3 aromatic carbocycles. The quantitative estimate of drug-likeness (QED) is 0.430. The van der Waals surface area contributed by atoms with Gasteiger partial charge in [0.1, 0.15) is 0 Å². The topological polar surface area (TPSA) is 67.4 Å². The molecular weight excluding hydrogens is 491 g/mol. The van der Waals surface area contributed by atoms with E-state index in [9.17, 15) is 9.59 Å². The van der Waals surface area contributed by atoms with Crippen molar-refractivity contribution >= 4 is 56.6 Å². The van der Waals surface area contributed by atoms with Gasteiger partial charge in [0.05, 0.1) is 20.7 Å². The van der Waals surface area contributed by atoms with Gasteiger partial charge in [0, 0.05) is 11.6 Å². The van der Waals surface area contributed by atoms with Gasteiger partial charge in [-0.25, -0.2) is 0 Å². The summed E-state index contributed by atoms with van der Waals surface area (Å²) in [6.07, 6.45) is 0. The Hall–Kier alpha value is -2.54. The Morgan fingerprint density at radius 1 is 0.967 bits per heavy atom. The van der Waals surface area contributed by atoms with Crippen molar-refractivity contribution in [2.45, 2.75) is 6.54 Å². The van der Waals surface area contributed by atoms with Crippen molar-refractivity contribution < 1.29 is 14.3 Å². The Morgan fingerprint density at radius 3 is 2.40 bits per heavy atom. The highest BCUT2D eigenvalue weighted by Gasteiger charge is 2.15. The van der Waals surface area contributed by atoms with Gasteiger partial charge in [-0.2, -0.15) is 0 Å². The van der Waals surface area contributed by atoms with Crippen LogP contribution >= 0.6 is 39.1 Å². The standard InChI is InChI=1S/C22H17BrCl2N2O3/c23-17-10-15(24)11-18(25)21(17)30-13-20(28)27-19-9-5-4-8-16(19)22(29)26-12-14-6-2-1-3-7-14/h1-11H,12-13H2,(H,26,29)(H,27,28). The summed E-state index contributed by atoms with van der Waals surface area (Å²) < 4.78 is 6.05. The van der Waals surface area contributed by atoms with E-state index in [-0.39, 0.29) is 17.5 Å². The summed E-state index contributed by atoms with van der Waals surface area (Å²) >= 11 is 15.3. The van der Waals surface area contributed by atoms with Crippen molar-refractivity contribution in [1.29, 1.82) is 0 Å². The van der Waals surface area contributed by atoms with Gasteiger partial charge < -0.3 is 15.4 Å². The molecule has 0 saturated carbocycles. The maximum absolute atomic E-state index is 12.6. The third-order valence-corrected chi connectivity index (χ3v) is 5.14. The average molecular weight is 508 g/mol. The molecule has 0 spiro atoms. The van der Waals surface area contributed by atoms with Crippen molar-refractivity contribution in [3.05, 3.63) is 92.4 Å². The van der Waals surface area contributed by atoms with E-state index in [2.05, 4.69) is 26.6 Å². The Labute approximate surface area is 192 Å². The summed E-state index contributed by atoms with van der Waals surface area (Å²) in [5.74, 6) is -0.416. The number of hydrogen-bond donors (Lipinski definition) is 2. The lowest BCUT2D eigenvalue weighted by Crippen LogP contribution is -2.26. The normalized spacial score (nSPS) is 10.4. The summed E-state index contributed by atoms with van der Waals surface area (Å²) in [7, 11) is 0. The zero-order chi connectivity index (χ0) is 21.5. The lowest BCUT2D eigenvalue weighted by atomic mass is 10.1. The minimum absolute atomic E-state index is 0.280. The van der Waals surface area contributed by atoms with Crippen LogP contribution in [0.15, 0.2) is 71.2 Å². The molecular formula is C22H17BrCl2N2O3. The highest BCUT2D eigenvalue weighted by Crippen LogP contribution is 2.36. The van der Waals surface area contributed by atoms with Crippen LogP contribution in [-0.4, -0.2) is 18.4 Å². The van der Waals surface area contributed by atoms with Gasteiger partial charge in [-0.15, -0.1) is 0 Å². The zero-order valence-electron chi connectivity index (χ0n) is 15.6. The molecule has 0 fully saturated rings. The first-order valence-electron chi connectivity index (χ1n) is 8.92. The molecule has 0 radical (unpaired) electrons. The fourth-order valence-corrected chi connectivity index (χ4v) is 4.02. The second-order valence-corrected chi connectivity index (χ2v) is 7.95. The van der Waals surface area contributed by atoms with E-state index in [0.29, 0.717) is 33.0 Å². The van der Waals surface area contributed by atoms with Crippen LogP contribution in [0.25, 0.3) is 0 Å². The first-order chi connectivity index (χ1) is 14.4. The van der Waals surface area contributed by atoms with E-state index in [1.54, 1.807) is 30.3 Å². The van der Waals surface area contributed by atoms with Crippen molar-refractivity contribution in [3.8, 4) is 5.75 Å². The minimum Gasteiger partial charge on any atom is -0.481 e. The predicted molar refractivity (Wildman–Crippen MR) is 122 cm³/mol. The number of carbonyl (C=O) groups excluding carboxylic acids is 2. The van der Waals surface area contributed by atoms with Crippen molar-refractivity contribution in [1.82, 2.24) is 5.32 Å². The van der Waals surface area contributed by atoms with Crippen LogP contribution < -0.4 is 15.4 Å². The molecule has 2 N–H and O–H groups in total. The third-order valence-electron chi connectivity index (χ3n) is 4.05. The first kappa shape index (κ1) is 22.2. The van der Waals surface area contributed by atoms with Crippen LogP contribution in [0, 0.1) is 0 Å². The molecule has 0 atom stereocenters. The number of benzene rings is 3. The Kier molecular flexibility index (Phi) is 7.74. The van der Waals surface area contributed by atoms with Gasteiger partial charge in [-0.05, 0) is 45.8 Å². The maximum Gasteiger partial charge on any atom is 0.262 e. The van der Waals surface area contributed by atoms with Gasteiger partial charge in [-0.1, -0.05) is 65.7 Å². The molecule has 3 aromatic rings. The molecule has 0 aliphatic carbocycles. The average Bonchev–Trinajstić information content (AvgIpc) is 2.72. The molecule has 0 aliphatic rings.